The maximum atomic E-state index is 11.8. The average Bonchev–Trinajstić information content (AvgIpc) is 2.37. The molecule has 18 heavy (non-hydrogen) atoms. The number of benzene rings is 1. The zero-order chi connectivity index (χ0) is 13.3. The third-order valence-corrected chi connectivity index (χ3v) is 4.53. The average molecular weight is 270 g/mol. The van der Waals surface area contributed by atoms with Crippen LogP contribution < -0.4 is 4.72 Å². The summed E-state index contributed by atoms with van der Waals surface area (Å²) in [6.07, 6.45) is 0. The molecule has 1 aromatic carbocycles. The van der Waals surface area contributed by atoms with Crippen molar-refractivity contribution in [2.45, 2.75) is 12.5 Å². The molecule has 1 atom stereocenters. The minimum Gasteiger partial charge on any atom is -0.481 e. The van der Waals surface area contributed by atoms with Gasteiger partial charge < -0.3 is 5.11 Å². The molecule has 0 fully saturated rings. The molecule has 6 nitrogen and oxygen atoms in total. The molecule has 1 aliphatic heterocycles. The monoisotopic (exact) mass is 270 g/mol. The Hall–Kier alpha value is -1.44. The van der Waals surface area contributed by atoms with Gasteiger partial charge in [0.05, 0.1) is 5.92 Å². The standard InChI is InChI=1S/C11H14N2O4S/c1-12-18(16,17)13-6-8-4-2-3-5-9(8)10(7-13)11(14)15/h2-5,10,12H,6-7H2,1H3,(H,14,15). The summed E-state index contributed by atoms with van der Waals surface area (Å²) in [6, 6.07) is 7.02. The minimum absolute atomic E-state index is 0.0461. The first-order chi connectivity index (χ1) is 8.45. The topological polar surface area (TPSA) is 86.7 Å². The molecule has 1 aliphatic rings. The van der Waals surface area contributed by atoms with Crippen molar-refractivity contribution in [3.05, 3.63) is 35.4 Å². The van der Waals surface area contributed by atoms with Crippen molar-refractivity contribution in [2.75, 3.05) is 13.6 Å². The van der Waals surface area contributed by atoms with Crippen LogP contribution in [0.2, 0.25) is 0 Å². The number of carboxylic acid groups (broad SMARTS) is 1. The van der Waals surface area contributed by atoms with Gasteiger partial charge in [0, 0.05) is 20.1 Å². The van der Waals surface area contributed by atoms with Crippen LogP contribution in [0.25, 0.3) is 0 Å². The molecule has 7 heteroatoms. The summed E-state index contributed by atoms with van der Waals surface area (Å²) in [5.74, 6) is -1.84. The predicted octanol–water partition coefficient (Wildman–Crippen LogP) is 0.135. The van der Waals surface area contributed by atoms with Gasteiger partial charge in [0.2, 0.25) is 0 Å². The van der Waals surface area contributed by atoms with Crippen LogP contribution in [-0.2, 0) is 21.5 Å². The molecule has 98 valence electrons. The van der Waals surface area contributed by atoms with Crippen molar-refractivity contribution >= 4 is 16.2 Å². The van der Waals surface area contributed by atoms with E-state index in [0.717, 1.165) is 9.87 Å². The summed E-state index contributed by atoms with van der Waals surface area (Å²) in [6.45, 7) is 0.151. The normalized spacial score (nSPS) is 20.4. The van der Waals surface area contributed by atoms with Crippen molar-refractivity contribution < 1.29 is 18.3 Å². The van der Waals surface area contributed by atoms with Crippen LogP contribution in [0.5, 0.6) is 0 Å². The lowest BCUT2D eigenvalue weighted by Gasteiger charge is -2.31. The molecule has 0 aliphatic carbocycles. The molecule has 2 N–H and O–H groups in total. The molecule has 0 aromatic heterocycles. The molecule has 0 saturated carbocycles. The number of hydrogen-bond acceptors (Lipinski definition) is 3. The molecule has 1 heterocycles. The number of nitrogens with zero attached hydrogens (tertiary/aromatic N) is 1. The van der Waals surface area contributed by atoms with E-state index in [-0.39, 0.29) is 13.1 Å². The zero-order valence-corrected chi connectivity index (χ0v) is 10.6. The van der Waals surface area contributed by atoms with Crippen LogP contribution in [0.4, 0.5) is 0 Å². The van der Waals surface area contributed by atoms with E-state index in [1.807, 2.05) is 0 Å². The second kappa shape index (κ2) is 4.68. The van der Waals surface area contributed by atoms with Gasteiger partial charge in [-0.05, 0) is 11.1 Å². The van der Waals surface area contributed by atoms with Crippen LogP contribution in [-0.4, -0.2) is 37.4 Å². The van der Waals surface area contributed by atoms with Gasteiger partial charge in [-0.15, -0.1) is 0 Å². The van der Waals surface area contributed by atoms with Gasteiger partial charge in [-0.2, -0.15) is 12.7 Å². The molecule has 0 spiro atoms. The van der Waals surface area contributed by atoms with Crippen molar-refractivity contribution in [1.82, 2.24) is 9.03 Å². The van der Waals surface area contributed by atoms with Crippen LogP contribution >= 0.6 is 0 Å². The second-order valence-electron chi connectivity index (χ2n) is 4.09. The molecule has 1 aromatic rings. The largest absolute Gasteiger partial charge is 0.481 e. The highest BCUT2D eigenvalue weighted by Gasteiger charge is 2.34. The van der Waals surface area contributed by atoms with Crippen LogP contribution in [0.3, 0.4) is 0 Å². The molecule has 2 rings (SSSR count). The van der Waals surface area contributed by atoms with Crippen molar-refractivity contribution in [2.24, 2.45) is 0 Å². The summed E-state index contributed by atoms with van der Waals surface area (Å²) in [5, 5.41) is 9.20. The van der Waals surface area contributed by atoms with E-state index in [4.69, 9.17) is 0 Å². The third kappa shape index (κ3) is 2.24. The zero-order valence-electron chi connectivity index (χ0n) is 9.83. The highest BCUT2D eigenvalue weighted by molar-refractivity contribution is 7.87. The van der Waals surface area contributed by atoms with E-state index in [1.54, 1.807) is 24.3 Å². The van der Waals surface area contributed by atoms with Gasteiger partial charge in [-0.1, -0.05) is 24.3 Å². The third-order valence-electron chi connectivity index (χ3n) is 3.06. The molecule has 0 saturated heterocycles. The van der Waals surface area contributed by atoms with E-state index in [2.05, 4.69) is 4.72 Å². The maximum Gasteiger partial charge on any atom is 0.312 e. The quantitative estimate of drug-likeness (QED) is 0.817. The van der Waals surface area contributed by atoms with E-state index in [1.165, 1.54) is 7.05 Å². The second-order valence-corrected chi connectivity index (χ2v) is 5.97. The number of hydrogen-bond donors (Lipinski definition) is 2. The van der Waals surface area contributed by atoms with Gasteiger partial charge in [0.15, 0.2) is 0 Å². The maximum absolute atomic E-state index is 11.8. The van der Waals surface area contributed by atoms with Crippen molar-refractivity contribution in [3.63, 3.8) is 0 Å². The Bertz CT molecular complexity index is 570. The Morgan fingerprint density at radius 2 is 2.11 bits per heavy atom. The Kier molecular flexibility index (Phi) is 3.38. The SMILES string of the molecule is CNS(=O)(=O)N1Cc2ccccc2C(C(=O)O)C1. The number of rotatable bonds is 3. The highest BCUT2D eigenvalue weighted by atomic mass is 32.2. The van der Waals surface area contributed by atoms with E-state index in [9.17, 15) is 18.3 Å². The summed E-state index contributed by atoms with van der Waals surface area (Å²) in [7, 11) is -2.30. The van der Waals surface area contributed by atoms with E-state index < -0.39 is 22.1 Å². The van der Waals surface area contributed by atoms with Gasteiger partial charge >= 0.3 is 5.97 Å². The Balaban J connectivity index is 2.44. The van der Waals surface area contributed by atoms with E-state index >= 15 is 0 Å². The minimum atomic E-state index is -3.61. The lowest BCUT2D eigenvalue weighted by molar-refractivity contribution is -0.139. The summed E-state index contributed by atoms with van der Waals surface area (Å²) >= 11 is 0. The molecule has 0 bridgehead atoms. The smallest absolute Gasteiger partial charge is 0.312 e. The van der Waals surface area contributed by atoms with Crippen LogP contribution in [0.15, 0.2) is 24.3 Å². The summed E-state index contributed by atoms with van der Waals surface area (Å²) in [4.78, 5) is 11.2. The van der Waals surface area contributed by atoms with Crippen LogP contribution in [0, 0.1) is 0 Å². The summed E-state index contributed by atoms with van der Waals surface area (Å²) in [5.41, 5.74) is 1.42. The molecular weight excluding hydrogens is 256 g/mol. The van der Waals surface area contributed by atoms with Gasteiger partial charge in [-0.25, -0.2) is 4.72 Å². The molecule has 1 unspecified atom stereocenters. The Labute approximate surface area is 105 Å². The molecule has 0 radical (unpaired) electrons. The Morgan fingerprint density at radius 1 is 1.44 bits per heavy atom. The lowest BCUT2D eigenvalue weighted by atomic mass is 9.91. The first kappa shape index (κ1) is 13.0. The van der Waals surface area contributed by atoms with Gasteiger partial charge in [0.1, 0.15) is 0 Å². The van der Waals surface area contributed by atoms with Gasteiger partial charge in [-0.3, -0.25) is 4.79 Å². The highest BCUT2D eigenvalue weighted by Crippen LogP contribution is 2.29. The first-order valence-electron chi connectivity index (χ1n) is 5.45. The molecule has 0 amide bonds. The van der Waals surface area contributed by atoms with Crippen molar-refractivity contribution in [1.29, 1.82) is 0 Å². The fraction of sp³-hybridized carbons (Fsp3) is 0.364. The Morgan fingerprint density at radius 3 is 2.72 bits per heavy atom. The van der Waals surface area contributed by atoms with Crippen LogP contribution in [0.1, 0.15) is 17.0 Å². The number of aliphatic carboxylic acids is 1. The molecular formula is C11H14N2O4S. The number of carboxylic acids is 1. The van der Waals surface area contributed by atoms with Crippen molar-refractivity contribution in [3.8, 4) is 0 Å². The summed E-state index contributed by atoms with van der Waals surface area (Å²) < 4.78 is 26.9. The fourth-order valence-corrected chi connectivity index (χ4v) is 3.01. The predicted molar refractivity (Wildman–Crippen MR) is 65.2 cm³/mol. The fourth-order valence-electron chi connectivity index (χ4n) is 2.10. The van der Waals surface area contributed by atoms with E-state index in [0.29, 0.717) is 5.56 Å². The first-order valence-corrected chi connectivity index (χ1v) is 6.89. The number of nitrogens with one attached hydrogen (secondary N) is 1. The number of carbonyl (C=O) groups is 1. The lowest BCUT2D eigenvalue weighted by Crippen LogP contribution is -2.44. The number of fused-ring (bicyclic) bond motifs is 1. The van der Waals surface area contributed by atoms with Gasteiger partial charge in [0.25, 0.3) is 10.2 Å².